The summed E-state index contributed by atoms with van der Waals surface area (Å²) >= 11 is 1.52. The lowest BCUT2D eigenvalue weighted by molar-refractivity contribution is -0.121. The van der Waals surface area contributed by atoms with Crippen LogP contribution in [-0.2, 0) is 29.0 Å². The van der Waals surface area contributed by atoms with Gasteiger partial charge >= 0.3 is 0 Å². The maximum atomic E-state index is 12.4. The predicted molar refractivity (Wildman–Crippen MR) is 127 cm³/mol. The van der Waals surface area contributed by atoms with Gasteiger partial charge in [0, 0.05) is 43.9 Å². The molecule has 3 aromatic rings. The Bertz CT molecular complexity index is 1170. The molecule has 7 nitrogen and oxygen atoms in total. The zero-order valence-electron chi connectivity index (χ0n) is 18.9. The van der Waals surface area contributed by atoms with Gasteiger partial charge in [-0.05, 0) is 37.5 Å². The number of H-pyrrole nitrogens is 1. The number of aromatic nitrogens is 2. The van der Waals surface area contributed by atoms with Crippen molar-refractivity contribution < 1.29 is 9.53 Å². The Morgan fingerprint density at radius 3 is 2.97 bits per heavy atom. The minimum atomic E-state index is -0.126. The molecule has 0 bridgehead atoms. The molecule has 1 aliphatic rings. The molecule has 0 saturated carbocycles. The molecular formula is C24H30N4O3S. The molecule has 2 aromatic heterocycles. The summed E-state index contributed by atoms with van der Waals surface area (Å²) in [5.74, 6) is 0.499. The molecule has 0 aliphatic carbocycles. The van der Waals surface area contributed by atoms with Gasteiger partial charge in [0.2, 0.25) is 5.91 Å². The van der Waals surface area contributed by atoms with E-state index < -0.39 is 0 Å². The Labute approximate surface area is 191 Å². The number of carbonyl (C=O) groups is 1. The van der Waals surface area contributed by atoms with E-state index in [1.54, 1.807) is 0 Å². The Kier molecular flexibility index (Phi) is 7.03. The van der Waals surface area contributed by atoms with Gasteiger partial charge in [-0.3, -0.25) is 14.5 Å². The average Bonchev–Trinajstić information content (AvgIpc) is 3.05. The van der Waals surface area contributed by atoms with Crippen molar-refractivity contribution in [2.75, 3.05) is 19.7 Å². The Balaban J connectivity index is 1.30. The van der Waals surface area contributed by atoms with Crippen molar-refractivity contribution in [2.24, 2.45) is 0 Å². The smallest absolute Gasteiger partial charge is 0.259 e. The van der Waals surface area contributed by atoms with Crippen LogP contribution < -0.4 is 10.9 Å². The first-order chi connectivity index (χ1) is 15.4. The second-order valence-corrected chi connectivity index (χ2v) is 9.69. The summed E-state index contributed by atoms with van der Waals surface area (Å²) in [4.78, 5) is 36.4. The van der Waals surface area contributed by atoms with Crippen LogP contribution in [0.5, 0.6) is 0 Å². The quantitative estimate of drug-likeness (QED) is 0.573. The summed E-state index contributed by atoms with van der Waals surface area (Å²) in [5.41, 5.74) is 3.17. The third-order valence-corrected chi connectivity index (χ3v) is 6.99. The first-order valence-electron chi connectivity index (χ1n) is 11.1. The average molecular weight is 455 g/mol. The molecule has 1 aromatic carbocycles. The summed E-state index contributed by atoms with van der Waals surface area (Å²) in [6.45, 7) is 10.1. The maximum absolute atomic E-state index is 12.4. The van der Waals surface area contributed by atoms with Crippen LogP contribution in [0.25, 0.3) is 10.2 Å². The van der Waals surface area contributed by atoms with Crippen molar-refractivity contribution in [3.8, 4) is 0 Å². The van der Waals surface area contributed by atoms with Crippen LogP contribution in [0.3, 0.4) is 0 Å². The van der Waals surface area contributed by atoms with Gasteiger partial charge < -0.3 is 15.0 Å². The minimum Gasteiger partial charge on any atom is -0.376 e. The summed E-state index contributed by atoms with van der Waals surface area (Å²) < 4.78 is 5.61. The van der Waals surface area contributed by atoms with E-state index in [-0.39, 0.29) is 24.0 Å². The van der Waals surface area contributed by atoms with Crippen molar-refractivity contribution in [2.45, 2.75) is 52.8 Å². The highest BCUT2D eigenvalue weighted by atomic mass is 32.1. The lowest BCUT2D eigenvalue weighted by Crippen LogP contribution is -2.40. The second-order valence-electron chi connectivity index (χ2n) is 8.49. The van der Waals surface area contributed by atoms with Crippen LogP contribution in [0.2, 0.25) is 0 Å². The number of aryl methyl sites for hydroxylation is 3. The van der Waals surface area contributed by atoms with Gasteiger partial charge in [0.1, 0.15) is 10.7 Å². The van der Waals surface area contributed by atoms with Gasteiger partial charge in [-0.2, -0.15) is 0 Å². The van der Waals surface area contributed by atoms with Crippen LogP contribution in [0.15, 0.2) is 29.1 Å². The van der Waals surface area contributed by atoms with E-state index in [1.165, 1.54) is 16.9 Å². The summed E-state index contributed by atoms with van der Waals surface area (Å²) in [6.07, 6.45) is 0.954. The van der Waals surface area contributed by atoms with Crippen molar-refractivity contribution in [3.63, 3.8) is 0 Å². The topological polar surface area (TPSA) is 87.3 Å². The Hall–Kier alpha value is -2.55. The molecule has 1 amide bonds. The van der Waals surface area contributed by atoms with Crippen LogP contribution in [0, 0.1) is 13.8 Å². The van der Waals surface area contributed by atoms with E-state index in [0.29, 0.717) is 24.2 Å². The normalized spacial score (nSPS) is 17.0. The number of aromatic amines is 1. The first-order valence-corrected chi connectivity index (χ1v) is 11.9. The second kappa shape index (κ2) is 9.94. The van der Waals surface area contributed by atoms with Crippen LogP contribution in [0.4, 0.5) is 0 Å². The number of fused-ring (bicyclic) bond motifs is 1. The molecule has 0 spiro atoms. The maximum Gasteiger partial charge on any atom is 0.259 e. The predicted octanol–water partition coefficient (Wildman–Crippen LogP) is 3.07. The van der Waals surface area contributed by atoms with Gasteiger partial charge in [0.05, 0.1) is 18.1 Å². The van der Waals surface area contributed by atoms with Gasteiger partial charge in [0.25, 0.3) is 5.56 Å². The number of thiophene rings is 1. The molecule has 1 aliphatic heterocycles. The van der Waals surface area contributed by atoms with E-state index in [2.05, 4.69) is 39.2 Å². The highest BCUT2D eigenvalue weighted by molar-refractivity contribution is 7.18. The van der Waals surface area contributed by atoms with E-state index in [0.717, 1.165) is 47.1 Å². The number of hydrogen-bond acceptors (Lipinski definition) is 6. The molecule has 0 radical (unpaired) electrons. The summed E-state index contributed by atoms with van der Waals surface area (Å²) in [7, 11) is 0. The summed E-state index contributed by atoms with van der Waals surface area (Å²) in [6, 6.07) is 8.34. The number of rotatable bonds is 7. The minimum absolute atomic E-state index is 0.0568. The number of nitrogens with one attached hydrogen (secondary N) is 2. The fourth-order valence-electron chi connectivity index (χ4n) is 4.07. The molecule has 2 N–H and O–H groups in total. The third-order valence-electron chi connectivity index (χ3n) is 5.89. The van der Waals surface area contributed by atoms with Gasteiger partial charge in [-0.15, -0.1) is 11.3 Å². The molecular weight excluding hydrogens is 424 g/mol. The number of morpholine rings is 1. The molecule has 32 heavy (non-hydrogen) atoms. The fraction of sp³-hybridized carbons (Fsp3) is 0.458. The van der Waals surface area contributed by atoms with Crippen molar-refractivity contribution >= 4 is 27.5 Å². The van der Waals surface area contributed by atoms with E-state index in [4.69, 9.17) is 4.74 Å². The number of hydrogen-bond donors (Lipinski definition) is 2. The van der Waals surface area contributed by atoms with Crippen molar-refractivity contribution in [3.05, 3.63) is 62.0 Å². The van der Waals surface area contributed by atoms with Crippen molar-refractivity contribution in [1.82, 2.24) is 20.2 Å². The van der Waals surface area contributed by atoms with E-state index in [1.807, 2.05) is 26.0 Å². The van der Waals surface area contributed by atoms with Gasteiger partial charge in [-0.1, -0.05) is 24.3 Å². The number of amides is 1. The number of nitrogens with zero attached hydrogens (tertiary/aromatic N) is 2. The van der Waals surface area contributed by atoms with Crippen LogP contribution in [0.1, 0.15) is 40.7 Å². The molecule has 1 saturated heterocycles. The molecule has 1 unspecified atom stereocenters. The number of ether oxygens (including phenoxy) is 1. The van der Waals surface area contributed by atoms with Gasteiger partial charge in [0.15, 0.2) is 0 Å². The van der Waals surface area contributed by atoms with Crippen molar-refractivity contribution in [1.29, 1.82) is 0 Å². The van der Waals surface area contributed by atoms with Gasteiger partial charge in [-0.25, -0.2) is 4.98 Å². The SMILES string of the molecule is Cc1sc2nc(CCC(=O)NCc3cccc(CN4CCOC(C)C4)c3)[nH]c(=O)c2c1C. The summed E-state index contributed by atoms with van der Waals surface area (Å²) in [5, 5.41) is 3.64. The standard InChI is InChI=1S/C24H30N4O3S/c1-15-13-28(9-10-31-15)14-19-6-4-5-18(11-19)12-25-21(29)8-7-20-26-23(30)22-16(2)17(3)32-24(22)27-20/h4-6,11,15H,7-10,12-14H2,1-3H3,(H,25,29)(H,26,27,30). The van der Waals surface area contributed by atoms with E-state index in [9.17, 15) is 9.59 Å². The fourth-order valence-corrected chi connectivity index (χ4v) is 5.12. The lowest BCUT2D eigenvalue weighted by Gasteiger charge is -2.31. The zero-order chi connectivity index (χ0) is 22.7. The van der Waals surface area contributed by atoms with E-state index >= 15 is 0 Å². The van der Waals surface area contributed by atoms with Crippen LogP contribution in [-0.4, -0.2) is 46.6 Å². The zero-order valence-corrected chi connectivity index (χ0v) is 19.7. The first kappa shape index (κ1) is 22.6. The number of carbonyl (C=O) groups excluding carboxylic acids is 1. The highest BCUT2D eigenvalue weighted by Gasteiger charge is 2.17. The Morgan fingerprint density at radius 2 is 2.16 bits per heavy atom. The Morgan fingerprint density at radius 1 is 1.34 bits per heavy atom. The monoisotopic (exact) mass is 454 g/mol. The molecule has 1 atom stereocenters. The number of benzene rings is 1. The van der Waals surface area contributed by atoms with Crippen LogP contribution >= 0.6 is 11.3 Å². The lowest BCUT2D eigenvalue weighted by atomic mass is 10.1. The molecule has 4 rings (SSSR count). The molecule has 3 heterocycles. The molecule has 8 heteroatoms. The molecule has 1 fully saturated rings. The highest BCUT2D eigenvalue weighted by Crippen LogP contribution is 2.25. The molecule has 170 valence electrons. The third kappa shape index (κ3) is 5.43. The largest absolute Gasteiger partial charge is 0.376 e.